The summed E-state index contributed by atoms with van der Waals surface area (Å²) in [6.07, 6.45) is 1.07. The summed E-state index contributed by atoms with van der Waals surface area (Å²) in [5, 5.41) is 0. The third-order valence-electron chi connectivity index (χ3n) is 4.25. The molecular formula is C15H21NO6S2. The molecule has 0 N–H and O–H groups in total. The first kappa shape index (κ1) is 17.5. The van der Waals surface area contributed by atoms with E-state index in [1.165, 1.54) is 16.4 Å². The molecule has 24 heavy (non-hydrogen) atoms. The van der Waals surface area contributed by atoms with E-state index in [1.54, 1.807) is 13.0 Å². The summed E-state index contributed by atoms with van der Waals surface area (Å²) in [6, 6.07) is 4.02. The predicted octanol–water partition coefficient (Wildman–Crippen LogP) is 1.05. The van der Waals surface area contributed by atoms with E-state index in [-0.39, 0.29) is 22.9 Å². The second-order valence-corrected chi connectivity index (χ2v) is 10.0. The van der Waals surface area contributed by atoms with Gasteiger partial charge in [0, 0.05) is 25.1 Å². The molecule has 0 amide bonds. The molecule has 0 aromatic heterocycles. The first-order chi connectivity index (χ1) is 11.3. The summed E-state index contributed by atoms with van der Waals surface area (Å²) in [5.74, 6) is 0.844. The van der Waals surface area contributed by atoms with Crippen molar-refractivity contribution in [2.45, 2.75) is 30.7 Å². The van der Waals surface area contributed by atoms with Crippen molar-refractivity contribution in [2.24, 2.45) is 0 Å². The van der Waals surface area contributed by atoms with Crippen LogP contribution in [0.4, 0.5) is 0 Å². The fourth-order valence-electron chi connectivity index (χ4n) is 3.07. The van der Waals surface area contributed by atoms with Crippen LogP contribution in [0.5, 0.6) is 11.5 Å². The van der Waals surface area contributed by atoms with Crippen LogP contribution in [0.15, 0.2) is 23.1 Å². The molecule has 1 atom stereocenters. The number of sulfonamides is 1. The van der Waals surface area contributed by atoms with Gasteiger partial charge < -0.3 is 9.47 Å². The molecule has 3 rings (SSSR count). The van der Waals surface area contributed by atoms with Gasteiger partial charge in [-0.05, 0) is 18.6 Å². The number of sulfone groups is 1. The minimum Gasteiger partial charge on any atom is -0.490 e. The maximum atomic E-state index is 13.0. The minimum atomic E-state index is -3.80. The van der Waals surface area contributed by atoms with Gasteiger partial charge in [0.15, 0.2) is 21.3 Å². The maximum Gasteiger partial charge on any atom is 0.243 e. The first-order valence-corrected chi connectivity index (χ1v) is 11.2. The molecule has 1 aromatic carbocycles. The molecule has 0 bridgehead atoms. The summed E-state index contributed by atoms with van der Waals surface area (Å²) in [7, 11) is -6.96. The second kappa shape index (κ2) is 6.53. The number of benzene rings is 1. The van der Waals surface area contributed by atoms with Gasteiger partial charge in [-0.2, -0.15) is 4.31 Å². The molecule has 7 nitrogen and oxygen atoms in total. The number of ether oxygens (including phenoxy) is 2. The predicted molar refractivity (Wildman–Crippen MR) is 88.7 cm³/mol. The van der Waals surface area contributed by atoms with Crippen molar-refractivity contribution in [3.05, 3.63) is 18.2 Å². The molecule has 1 saturated heterocycles. The highest BCUT2D eigenvalue weighted by Gasteiger charge is 2.38. The quantitative estimate of drug-likeness (QED) is 0.781. The van der Waals surface area contributed by atoms with Gasteiger partial charge in [-0.3, -0.25) is 0 Å². The van der Waals surface area contributed by atoms with E-state index >= 15 is 0 Å². The molecule has 1 aromatic rings. The topological polar surface area (TPSA) is 90.0 Å². The molecule has 2 aliphatic heterocycles. The van der Waals surface area contributed by atoms with Crippen LogP contribution < -0.4 is 9.47 Å². The zero-order valence-electron chi connectivity index (χ0n) is 13.5. The Hall–Kier alpha value is -1.32. The van der Waals surface area contributed by atoms with Crippen molar-refractivity contribution in [2.75, 3.05) is 31.3 Å². The number of fused-ring (bicyclic) bond motifs is 1. The molecule has 2 aliphatic rings. The van der Waals surface area contributed by atoms with E-state index in [0.717, 1.165) is 6.42 Å². The van der Waals surface area contributed by atoms with E-state index in [9.17, 15) is 16.8 Å². The second-order valence-electron chi connectivity index (χ2n) is 5.92. The van der Waals surface area contributed by atoms with Crippen LogP contribution in [0.1, 0.15) is 19.8 Å². The summed E-state index contributed by atoms with van der Waals surface area (Å²) in [5.41, 5.74) is 0. The highest BCUT2D eigenvalue weighted by atomic mass is 32.2. The van der Waals surface area contributed by atoms with Crippen LogP contribution >= 0.6 is 0 Å². The zero-order valence-corrected chi connectivity index (χ0v) is 15.1. The summed E-state index contributed by atoms with van der Waals surface area (Å²) < 4.78 is 61.7. The standard InChI is InChI=1S/C15H21NO6S2/c1-2-16(12-6-9-23(17,18)11-12)24(19,20)13-4-5-14-15(10-13)22-8-3-7-21-14/h4-5,10,12H,2-3,6-9,11H2,1H3/t12-/m0/s1. The Morgan fingerprint density at radius 2 is 1.92 bits per heavy atom. The lowest BCUT2D eigenvalue weighted by molar-refractivity contribution is 0.296. The third-order valence-corrected chi connectivity index (χ3v) is 8.03. The van der Waals surface area contributed by atoms with Gasteiger partial charge in [0.1, 0.15) is 0 Å². The van der Waals surface area contributed by atoms with Gasteiger partial charge in [-0.1, -0.05) is 6.92 Å². The molecule has 0 aliphatic carbocycles. The lowest BCUT2D eigenvalue weighted by Crippen LogP contribution is -2.40. The van der Waals surface area contributed by atoms with Crippen LogP contribution in [0.3, 0.4) is 0 Å². The van der Waals surface area contributed by atoms with Crippen molar-refractivity contribution < 1.29 is 26.3 Å². The van der Waals surface area contributed by atoms with Crippen LogP contribution in [0.2, 0.25) is 0 Å². The molecule has 9 heteroatoms. The molecule has 0 spiro atoms. The largest absolute Gasteiger partial charge is 0.490 e. The van der Waals surface area contributed by atoms with E-state index in [1.807, 2.05) is 0 Å². The molecular weight excluding hydrogens is 354 g/mol. The Bertz CT molecular complexity index is 818. The molecule has 1 fully saturated rings. The Labute approximate surface area is 142 Å². The van der Waals surface area contributed by atoms with Crippen molar-refractivity contribution >= 4 is 19.9 Å². The Morgan fingerprint density at radius 3 is 2.54 bits per heavy atom. The van der Waals surface area contributed by atoms with E-state index in [0.29, 0.717) is 31.1 Å². The first-order valence-electron chi connectivity index (χ1n) is 7.95. The van der Waals surface area contributed by atoms with E-state index < -0.39 is 25.9 Å². The highest BCUT2D eigenvalue weighted by molar-refractivity contribution is 7.92. The number of rotatable bonds is 4. The Balaban J connectivity index is 1.93. The van der Waals surface area contributed by atoms with Gasteiger partial charge in [0.2, 0.25) is 10.0 Å². The SMILES string of the molecule is CCN([C@H]1CCS(=O)(=O)C1)S(=O)(=O)c1ccc2c(c1)OCCCO2. The third kappa shape index (κ3) is 3.38. The fourth-order valence-corrected chi connectivity index (χ4v) is 6.57. The highest BCUT2D eigenvalue weighted by Crippen LogP contribution is 2.34. The van der Waals surface area contributed by atoms with Crippen molar-refractivity contribution in [3.8, 4) is 11.5 Å². The smallest absolute Gasteiger partial charge is 0.243 e. The minimum absolute atomic E-state index is 0.0326. The van der Waals surface area contributed by atoms with Crippen molar-refractivity contribution in [1.29, 1.82) is 0 Å². The van der Waals surface area contributed by atoms with Gasteiger partial charge in [0.05, 0.1) is 29.6 Å². The monoisotopic (exact) mass is 375 g/mol. The van der Waals surface area contributed by atoms with Gasteiger partial charge >= 0.3 is 0 Å². The van der Waals surface area contributed by atoms with Gasteiger partial charge in [0.25, 0.3) is 0 Å². The lowest BCUT2D eigenvalue weighted by Gasteiger charge is -2.26. The molecule has 2 heterocycles. The normalized spacial score (nSPS) is 23.2. The van der Waals surface area contributed by atoms with Crippen LogP contribution in [-0.4, -0.2) is 58.4 Å². The van der Waals surface area contributed by atoms with Gasteiger partial charge in [-0.25, -0.2) is 16.8 Å². The zero-order chi connectivity index (χ0) is 17.4. The molecule has 0 unspecified atom stereocenters. The number of hydrogen-bond acceptors (Lipinski definition) is 6. The van der Waals surface area contributed by atoms with Crippen LogP contribution in [0, 0.1) is 0 Å². The summed E-state index contributed by atoms with van der Waals surface area (Å²) >= 11 is 0. The lowest BCUT2D eigenvalue weighted by atomic mass is 10.3. The fraction of sp³-hybridized carbons (Fsp3) is 0.600. The molecule has 0 radical (unpaired) electrons. The van der Waals surface area contributed by atoms with Crippen LogP contribution in [-0.2, 0) is 19.9 Å². The van der Waals surface area contributed by atoms with E-state index in [2.05, 4.69) is 0 Å². The Kier molecular flexibility index (Phi) is 4.76. The average molecular weight is 375 g/mol. The Morgan fingerprint density at radius 1 is 1.21 bits per heavy atom. The molecule has 134 valence electrons. The summed E-state index contributed by atoms with van der Waals surface area (Å²) in [6.45, 7) is 2.93. The number of hydrogen-bond donors (Lipinski definition) is 0. The average Bonchev–Trinajstić information content (AvgIpc) is 2.74. The summed E-state index contributed by atoms with van der Waals surface area (Å²) in [4.78, 5) is 0.0953. The van der Waals surface area contributed by atoms with E-state index in [4.69, 9.17) is 9.47 Å². The van der Waals surface area contributed by atoms with Gasteiger partial charge in [-0.15, -0.1) is 0 Å². The van der Waals surface area contributed by atoms with Crippen LogP contribution in [0.25, 0.3) is 0 Å². The maximum absolute atomic E-state index is 13.0. The van der Waals surface area contributed by atoms with Crippen molar-refractivity contribution in [1.82, 2.24) is 4.31 Å². The van der Waals surface area contributed by atoms with Crippen molar-refractivity contribution in [3.63, 3.8) is 0 Å². The number of nitrogens with zero attached hydrogens (tertiary/aromatic N) is 1. The molecule has 0 saturated carbocycles.